The monoisotopic (exact) mass is 499 g/mol. The number of benzene rings is 1. The smallest absolute Gasteiger partial charge is 0.194 e. The van der Waals surface area contributed by atoms with Gasteiger partial charge in [-0.3, -0.25) is 4.68 Å². The Labute approximate surface area is 184 Å². The van der Waals surface area contributed by atoms with Crippen molar-refractivity contribution in [2.75, 3.05) is 32.8 Å². The van der Waals surface area contributed by atoms with Gasteiger partial charge in [-0.1, -0.05) is 18.2 Å². The average molecular weight is 499 g/mol. The van der Waals surface area contributed by atoms with E-state index in [-0.39, 0.29) is 36.2 Å². The number of morpholine rings is 1. The zero-order chi connectivity index (χ0) is 19.1. The normalized spacial score (nSPS) is 18.3. The molecule has 0 spiro atoms. The van der Waals surface area contributed by atoms with Gasteiger partial charge in [-0.05, 0) is 26.0 Å². The number of halogens is 1. The fourth-order valence-electron chi connectivity index (χ4n) is 3.06. The third-order valence-electron chi connectivity index (χ3n) is 4.38. The van der Waals surface area contributed by atoms with Crippen LogP contribution in [0.2, 0.25) is 0 Å². The molecule has 7 nitrogen and oxygen atoms in total. The molecule has 2 heterocycles. The molecule has 1 N–H and O–H groups in total. The van der Waals surface area contributed by atoms with Crippen molar-refractivity contribution in [2.45, 2.75) is 26.1 Å². The van der Waals surface area contributed by atoms with Crippen molar-refractivity contribution in [1.29, 1.82) is 0 Å². The number of aliphatic imine (C=N–C) groups is 1. The minimum atomic E-state index is -0.00350. The molecule has 2 aromatic rings. The van der Waals surface area contributed by atoms with Crippen LogP contribution in [0, 0.1) is 0 Å². The Kier molecular flexibility index (Phi) is 9.04. The summed E-state index contributed by atoms with van der Waals surface area (Å²) in [6, 6.07) is 9.86. The molecule has 0 bridgehead atoms. The summed E-state index contributed by atoms with van der Waals surface area (Å²) in [6.45, 7) is 7.77. The number of ether oxygens (including phenoxy) is 2. The van der Waals surface area contributed by atoms with Crippen molar-refractivity contribution in [3.8, 4) is 5.75 Å². The molecule has 0 aliphatic carbocycles. The maximum Gasteiger partial charge on any atom is 0.194 e. The SMILES string of the molecule is CCNC(=NCC(C)Oc1ccccc1)N1CCOC(c2cnn(C)c2)C1.I. The molecule has 28 heavy (non-hydrogen) atoms. The molecule has 1 aromatic heterocycles. The van der Waals surface area contributed by atoms with Crippen molar-refractivity contribution >= 4 is 29.9 Å². The minimum absolute atomic E-state index is 0. The van der Waals surface area contributed by atoms with Crippen LogP contribution in [0.3, 0.4) is 0 Å². The second-order valence-corrected chi connectivity index (χ2v) is 6.69. The van der Waals surface area contributed by atoms with Crippen molar-refractivity contribution in [2.24, 2.45) is 12.0 Å². The number of aromatic nitrogens is 2. The highest BCUT2D eigenvalue weighted by molar-refractivity contribution is 14.0. The van der Waals surface area contributed by atoms with Gasteiger partial charge >= 0.3 is 0 Å². The molecule has 8 heteroatoms. The second kappa shape index (κ2) is 11.3. The Bertz CT molecular complexity index is 737. The lowest BCUT2D eigenvalue weighted by Crippen LogP contribution is -2.48. The predicted molar refractivity (Wildman–Crippen MR) is 121 cm³/mol. The highest BCUT2D eigenvalue weighted by Crippen LogP contribution is 2.21. The first-order valence-electron chi connectivity index (χ1n) is 9.50. The second-order valence-electron chi connectivity index (χ2n) is 6.69. The van der Waals surface area contributed by atoms with Crippen LogP contribution < -0.4 is 10.1 Å². The Morgan fingerprint density at radius 2 is 2.18 bits per heavy atom. The molecule has 3 rings (SSSR count). The van der Waals surface area contributed by atoms with Crippen LogP contribution in [-0.2, 0) is 11.8 Å². The Balaban J connectivity index is 0.00000280. The highest BCUT2D eigenvalue weighted by Gasteiger charge is 2.25. The molecule has 1 saturated heterocycles. The summed E-state index contributed by atoms with van der Waals surface area (Å²) >= 11 is 0. The number of guanidine groups is 1. The van der Waals surface area contributed by atoms with Crippen molar-refractivity contribution in [1.82, 2.24) is 20.0 Å². The summed E-state index contributed by atoms with van der Waals surface area (Å²) in [7, 11) is 1.92. The number of hydrogen-bond donors (Lipinski definition) is 1. The van der Waals surface area contributed by atoms with Crippen LogP contribution in [-0.4, -0.2) is 59.5 Å². The zero-order valence-electron chi connectivity index (χ0n) is 16.7. The summed E-state index contributed by atoms with van der Waals surface area (Å²) in [5.74, 6) is 1.77. The maximum absolute atomic E-state index is 5.94. The molecule has 0 amide bonds. The van der Waals surface area contributed by atoms with Gasteiger partial charge in [0.15, 0.2) is 5.96 Å². The molecular formula is C20H30IN5O2. The number of hydrogen-bond acceptors (Lipinski definition) is 4. The van der Waals surface area contributed by atoms with E-state index in [4.69, 9.17) is 14.5 Å². The van der Waals surface area contributed by atoms with E-state index < -0.39 is 0 Å². The van der Waals surface area contributed by atoms with Crippen LogP contribution in [0.1, 0.15) is 25.5 Å². The van der Waals surface area contributed by atoms with Crippen molar-refractivity contribution < 1.29 is 9.47 Å². The molecule has 1 fully saturated rings. The lowest BCUT2D eigenvalue weighted by atomic mass is 10.1. The largest absolute Gasteiger partial charge is 0.489 e. The standard InChI is InChI=1S/C20H29N5O2.HI/c1-4-21-20(22-12-16(2)27-18-8-6-5-7-9-18)25-10-11-26-19(15-25)17-13-23-24(3)14-17;/h5-9,13-14,16,19H,4,10-12,15H2,1-3H3,(H,21,22);1H. The third-order valence-corrected chi connectivity index (χ3v) is 4.38. The Morgan fingerprint density at radius 3 is 2.86 bits per heavy atom. The highest BCUT2D eigenvalue weighted by atomic mass is 127. The molecule has 154 valence electrons. The topological polar surface area (TPSA) is 63.9 Å². The molecule has 0 saturated carbocycles. The number of aryl methyl sites for hydroxylation is 1. The first-order chi connectivity index (χ1) is 13.2. The fourth-order valence-corrected chi connectivity index (χ4v) is 3.06. The van der Waals surface area contributed by atoms with Gasteiger partial charge in [-0.2, -0.15) is 5.10 Å². The third kappa shape index (κ3) is 6.37. The van der Waals surface area contributed by atoms with Crippen LogP contribution in [0.5, 0.6) is 5.75 Å². The average Bonchev–Trinajstić information content (AvgIpc) is 3.12. The molecule has 1 aliphatic rings. The lowest BCUT2D eigenvalue weighted by Gasteiger charge is -2.35. The quantitative estimate of drug-likeness (QED) is 0.377. The Hall–Kier alpha value is -1.81. The van der Waals surface area contributed by atoms with E-state index in [0.717, 1.165) is 36.9 Å². The summed E-state index contributed by atoms with van der Waals surface area (Å²) < 4.78 is 13.7. The number of nitrogens with zero attached hydrogens (tertiary/aromatic N) is 4. The van der Waals surface area contributed by atoms with Crippen LogP contribution in [0.15, 0.2) is 47.7 Å². The minimum Gasteiger partial charge on any atom is -0.489 e. The summed E-state index contributed by atoms with van der Waals surface area (Å²) in [6.07, 6.45) is 3.88. The molecule has 2 unspecified atom stereocenters. The van der Waals surface area contributed by atoms with E-state index in [0.29, 0.717) is 13.2 Å². The van der Waals surface area contributed by atoms with E-state index in [9.17, 15) is 0 Å². The van der Waals surface area contributed by atoms with E-state index in [1.807, 2.05) is 56.7 Å². The molecular weight excluding hydrogens is 469 g/mol. The van der Waals surface area contributed by atoms with Gasteiger partial charge < -0.3 is 19.7 Å². The molecule has 1 aliphatic heterocycles. The summed E-state index contributed by atoms with van der Waals surface area (Å²) in [5.41, 5.74) is 1.10. The van der Waals surface area contributed by atoms with E-state index >= 15 is 0 Å². The zero-order valence-corrected chi connectivity index (χ0v) is 19.1. The van der Waals surface area contributed by atoms with E-state index in [2.05, 4.69) is 22.2 Å². The van der Waals surface area contributed by atoms with Gasteiger partial charge in [0.05, 0.1) is 25.9 Å². The number of nitrogens with one attached hydrogen (secondary N) is 1. The van der Waals surface area contributed by atoms with Gasteiger partial charge in [0.25, 0.3) is 0 Å². The maximum atomic E-state index is 5.94. The van der Waals surface area contributed by atoms with Gasteiger partial charge in [0, 0.05) is 31.9 Å². The van der Waals surface area contributed by atoms with Crippen LogP contribution in [0.25, 0.3) is 0 Å². The number of rotatable bonds is 6. The fraction of sp³-hybridized carbons (Fsp3) is 0.500. The predicted octanol–water partition coefficient (Wildman–Crippen LogP) is 2.84. The molecule has 2 atom stereocenters. The molecule has 0 radical (unpaired) electrons. The van der Waals surface area contributed by atoms with Crippen LogP contribution >= 0.6 is 24.0 Å². The number of para-hydroxylation sites is 1. The molecule has 1 aromatic carbocycles. The van der Waals surface area contributed by atoms with E-state index in [1.165, 1.54) is 0 Å². The van der Waals surface area contributed by atoms with E-state index in [1.54, 1.807) is 4.68 Å². The van der Waals surface area contributed by atoms with Crippen LogP contribution in [0.4, 0.5) is 0 Å². The van der Waals surface area contributed by atoms with Gasteiger partial charge in [-0.15, -0.1) is 24.0 Å². The van der Waals surface area contributed by atoms with Crippen molar-refractivity contribution in [3.63, 3.8) is 0 Å². The first-order valence-corrected chi connectivity index (χ1v) is 9.50. The van der Waals surface area contributed by atoms with Gasteiger partial charge in [0.2, 0.25) is 0 Å². The first kappa shape index (κ1) is 22.5. The summed E-state index contributed by atoms with van der Waals surface area (Å²) in [5, 5.41) is 7.65. The lowest BCUT2D eigenvalue weighted by molar-refractivity contribution is -0.00808. The van der Waals surface area contributed by atoms with Gasteiger partial charge in [0.1, 0.15) is 18.0 Å². The summed E-state index contributed by atoms with van der Waals surface area (Å²) in [4.78, 5) is 7.05. The Morgan fingerprint density at radius 1 is 1.39 bits per heavy atom. The van der Waals surface area contributed by atoms with Gasteiger partial charge in [-0.25, -0.2) is 4.99 Å². The van der Waals surface area contributed by atoms with Crippen molar-refractivity contribution in [3.05, 3.63) is 48.3 Å².